The van der Waals surface area contributed by atoms with Crippen molar-refractivity contribution in [3.05, 3.63) is 29.8 Å². The highest BCUT2D eigenvalue weighted by Crippen LogP contribution is 2.44. The molecule has 1 spiro atoms. The summed E-state index contributed by atoms with van der Waals surface area (Å²) in [6.45, 7) is -0.0129. The molecule has 6 nitrogen and oxygen atoms in total. The minimum Gasteiger partial charge on any atom is -0.462 e. The lowest BCUT2D eigenvalue weighted by Gasteiger charge is -2.44. The molecule has 0 saturated heterocycles. The molecule has 116 valence electrons. The van der Waals surface area contributed by atoms with Gasteiger partial charge in [-0.2, -0.15) is 13.1 Å². The Morgan fingerprint density at radius 3 is 2.67 bits per heavy atom. The average Bonchev–Trinajstić information content (AvgIpc) is 2.45. The number of hydrogen-bond acceptors (Lipinski definition) is 4. The van der Waals surface area contributed by atoms with Crippen LogP contribution in [0.4, 0.5) is 0 Å². The van der Waals surface area contributed by atoms with E-state index in [1.807, 2.05) is 24.3 Å². The van der Waals surface area contributed by atoms with Crippen molar-refractivity contribution in [2.75, 3.05) is 6.54 Å². The van der Waals surface area contributed by atoms with Crippen molar-refractivity contribution in [1.82, 2.24) is 4.72 Å². The second-order valence-electron chi connectivity index (χ2n) is 5.54. The second-order valence-corrected chi connectivity index (χ2v) is 6.78. The lowest BCUT2D eigenvalue weighted by Crippen LogP contribution is -2.47. The molecule has 1 saturated carbocycles. The molecule has 0 aromatic heterocycles. The van der Waals surface area contributed by atoms with Crippen molar-refractivity contribution in [2.24, 2.45) is 0 Å². The van der Waals surface area contributed by atoms with Gasteiger partial charge in [0.25, 0.3) is 0 Å². The molecule has 1 aliphatic carbocycles. The highest BCUT2D eigenvalue weighted by atomic mass is 32.2. The minimum atomic E-state index is -4.24. The molecule has 1 aromatic carbocycles. The number of nitrogens with one attached hydrogen (secondary N) is 1. The molecule has 1 aromatic rings. The van der Waals surface area contributed by atoms with E-state index in [-0.39, 0.29) is 6.54 Å². The first-order chi connectivity index (χ1) is 9.98. The zero-order valence-corrected chi connectivity index (χ0v) is 12.4. The van der Waals surface area contributed by atoms with Gasteiger partial charge in [-0.05, 0) is 18.9 Å². The molecular formula is C14H19NO5S. The van der Waals surface area contributed by atoms with E-state index in [2.05, 4.69) is 4.72 Å². The van der Waals surface area contributed by atoms with Crippen LogP contribution in [-0.4, -0.2) is 25.3 Å². The van der Waals surface area contributed by atoms with Crippen molar-refractivity contribution in [2.45, 2.75) is 44.0 Å². The average molecular weight is 313 g/mol. The third-order valence-electron chi connectivity index (χ3n) is 3.99. The van der Waals surface area contributed by atoms with Crippen LogP contribution in [0.1, 0.15) is 43.8 Å². The van der Waals surface area contributed by atoms with Gasteiger partial charge in [0.05, 0.1) is 0 Å². The highest BCUT2D eigenvalue weighted by Gasteiger charge is 2.42. The van der Waals surface area contributed by atoms with E-state index in [4.69, 9.17) is 14.0 Å². The predicted octanol–water partition coefficient (Wildman–Crippen LogP) is 2.19. The molecule has 0 radical (unpaired) electrons. The number of ether oxygens (including phenoxy) is 2. The van der Waals surface area contributed by atoms with E-state index in [0.29, 0.717) is 0 Å². The lowest BCUT2D eigenvalue weighted by molar-refractivity contribution is -0.243. The molecule has 21 heavy (non-hydrogen) atoms. The summed E-state index contributed by atoms with van der Waals surface area (Å²) in [4.78, 5) is 0. The molecule has 2 aliphatic rings. The fourth-order valence-electron chi connectivity index (χ4n) is 3.03. The van der Waals surface area contributed by atoms with Crippen molar-refractivity contribution >= 4 is 10.3 Å². The predicted molar refractivity (Wildman–Crippen MR) is 76.3 cm³/mol. The maximum Gasteiger partial charge on any atom is 0.333 e. The van der Waals surface area contributed by atoms with Crippen LogP contribution in [0, 0.1) is 0 Å². The summed E-state index contributed by atoms with van der Waals surface area (Å²) in [5.74, 6) is 0.0609. The SMILES string of the molecule is O=S(=O)(O)NC[C@@H]1OC2(CCCCC2)Oc2ccccc21. The molecule has 0 unspecified atom stereocenters. The highest BCUT2D eigenvalue weighted by molar-refractivity contribution is 7.83. The zero-order valence-electron chi connectivity index (χ0n) is 11.6. The van der Waals surface area contributed by atoms with Crippen LogP contribution >= 0.6 is 0 Å². The van der Waals surface area contributed by atoms with Gasteiger partial charge in [-0.1, -0.05) is 24.6 Å². The molecule has 1 fully saturated rings. The Morgan fingerprint density at radius 1 is 1.24 bits per heavy atom. The summed E-state index contributed by atoms with van der Waals surface area (Å²) >= 11 is 0. The number of para-hydroxylation sites is 1. The third kappa shape index (κ3) is 3.37. The Labute approximate surface area is 124 Å². The van der Waals surface area contributed by atoms with Gasteiger partial charge in [-0.25, -0.2) is 0 Å². The molecule has 1 atom stereocenters. The van der Waals surface area contributed by atoms with E-state index in [9.17, 15) is 8.42 Å². The summed E-state index contributed by atoms with van der Waals surface area (Å²) in [6, 6.07) is 7.45. The van der Waals surface area contributed by atoms with Crippen molar-refractivity contribution in [3.8, 4) is 5.75 Å². The third-order valence-corrected chi connectivity index (χ3v) is 4.52. The second kappa shape index (κ2) is 5.57. The first-order valence-electron chi connectivity index (χ1n) is 7.15. The Hall–Kier alpha value is -1.15. The van der Waals surface area contributed by atoms with Gasteiger partial charge in [-0.15, -0.1) is 0 Å². The van der Waals surface area contributed by atoms with Gasteiger partial charge < -0.3 is 9.47 Å². The van der Waals surface area contributed by atoms with Crippen LogP contribution in [-0.2, 0) is 15.0 Å². The Kier molecular flexibility index (Phi) is 3.92. The number of fused-ring (bicyclic) bond motifs is 1. The normalized spacial score (nSPS) is 24.3. The smallest absolute Gasteiger partial charge is 0.333 e. The van der Waals surface area contributed by atoms with Gasteiger partial charge in [0, 0.05) is 24.9 Å². The number of rotatable bonds is 3. The Morgan fingerprint density at radius 2 is 1.95 bits per heavy atom. The van der Waals surface area contributed by atoms with Crippen LogP contribution < -0.4 is 9.46 Å². The number of hydrogen-bond donors (Lipinski definition) is 2. The minimum absolute atomic E-state index is 0.0129. The molecule has 3 rings (SSSR count). The Bertz CT molecular complexity index is 610. The van der Waals surface area contributed by atoms with Gasteiger partial charge >= 0.3 is 10.3 Å². The maximum absolute atomic E-state index is 10.9. The molecular weight excluding hydrogens is 294 g/mol. The van der Waals surface area contributed by atoms with E-state index >= 15 is 0 Å². The monoisotopic (exact) mass is 313 g/mol. The molecule has 2 N–H and O–H groups in total. The summed E-state index contributed by atoms with van der Waals surface area (Å²) in [6.07, 6.45) is 4.34. The van der Waals surface area contributed by atoms with Crippen LogP contribution in [0.3, 0.4) is 0 Å². The standard InChI is InChI=1S/C14H19NO5S/c16-21(17,18)15-10-13-11-6-2-3-7-12(11)19-14(20-13)8-4-1-5-9-14/h2-3,6-7,13,15H,1,4-5,8-10H2,(H,16,17,18)/t13-/m0/s1. The van der Waals surface area contributed by atoms with Gasteiger partial charge in [0.2, 0.25) is 5.79 Å². The fourth-order valence-corrected chi connectivity index (χ4v) is 3.39. The van der Waals surface area contributed by atoms with E-state index in [0.717, 1.165) is 43.4 Å². The van der Waals surface area contributed by atoms with Crippen molar-refractivity contribution in [3.63, 3.8) is 0 Å². The summed E-state index contributed by atoms with van der Waals surface area (Å²) < 4.78 is 44.9. The number of benzene rings is 1. The molecule has 1 aliphatic heterocycles. The van der Waals surface area contributed by atoms with Crippen LogP contribution in [0.2, 0.25) is 0 Å². The molecule has 0 bridgehead atoms. The quantitative estimate of drug-likeness (QED) is 0.836. The zero-order chi connectivity index (χ0) is 14.9. The van der Waals surface area contributed by atoms with Gasteiger partial charge in [0.15, 0.2) is 0 Å². The summed E-state index contributed by atoms with van der Waals surface area (Å²) in [5, 5.41) is 0. The van der Waals surface area contributed by atoms with E-state index < -0.39 is 22.2 Å². The van der Waals surface area contributed by atoms with Crippen LogP contribution in [0.15, 0.2) is 24.3 Å². The largest absolute Gasteiger partial charge is 0.462 e. The molecule has 1 heterocycles. The molecule has 0 amide bonds. The summed E-state index contributed by atoms with van der Waals surface area (Å²) in [5.41, 5.74) is 0.796. The van der Waals surface area contributed by atoms with Crippen molar-refractivity contribution in [1.29, 1.82) is 0 Å². The maximum atomic E-state index is 10.9. The summed E-state index contributed by atoms with van der Waals surface area (Å²) in [7, 11) is -4.24. The Balaban J connectivity index is 1.86. The topological polar surface area (TPSA) is 84.9 Å². The van der Waals surface area contributed by atoms with Crippen LogP contribution in [0.25, 0.3) is 0 Å². The van der Waals surface area contributed by atoms with E-state index in [1.165, 1.54) is 0 Å². The first kappa shape index (κ1) is 14.8. The van der Waals surface area contributed by atoms with Crippen LogP contribution in [0.5, 0.6) is 5.75 Å². The lowest BCUT2D eigenvalue weighted by atomic mass is 9.92. The van der Waals surface area contributed by atoms with Crippen molar-refractivity contribution < 1.29 is 22.4 Å². The fraction of sp³-hybridized carbons (Fsp3) is 0.571. The van der Waals surface area contributed by atoms with Gasteiger partial charge in [0.1, 0.15) is 11.9 Å². The van der Waals surface area contributed by atoms with E-state index in [1.54, 1.807) is 0 Å². The first-order valence-corrected chi connectivity index (χ1v) is 8.59. The molecule has 7 heteroatoms. The van der Waals surface area contributed by atoms with Gasteiger partial charge in [-0.3, -0.25) is 4.55 Å².